The number of aryl methyl sites for hydroxylation is 1. The van der Waals surface area contributed by atoms with Crippen molar-refractivity contribution in [1.29, 1.82) is 0 Å². The summed E-state index contributed by atoms with van der Waals surface area (Å²) in [6, 6.07) is 17.7. The standard InChI is InChI=1S/C24H21F3N2O3S/c1-15-7-12-18(13-22(15)29-33(31,32)19-5-3-2-4-6-19)28-23(30)21-14-20(21)16-8-10-17(11-9-16)24(25,26)27/h2-13,20-21,29H,14H2,1H3,(H,28,30). The first kappa shape index (κ1) is 22.8. The molecule has 0 bridgehead atoms. The van der Waals surface area contributed by atoms with Gasteiger partial charge in [-0.15, -0.1) is 0 Å². The molecule has 0 aliphatic heterocycles. The van der Waals surface area contributed by atoms with E-state index in [9.17, 15) is 26.4 Å². The molecule has 0 aromatic heterocycles. The van der Waals surface area contributed by atoms with Crippen LogP contribution in [0.5, 0.6) is 0 Å². The molecule has 1 aliphatic rings. The van der Waals surface area contributed by atoms with Crippen molar-refractivity contribution in [1.82, 2.24) is 0 Å². The zero-order valence-corrected chi connectivity index (χ0v) is 18.4. The van der Waals surface area contributed by atoms with Crippen molar-refractivity contribution in [2.45, 2.75) is 30.3 Å². The Labute approximate surface area is 189 Å². The van der Waals surface area contributed by atoms with Gasteiger partial charge in [0.1, 0.15) is 0 Å². The summed E-state index contributed by atoms with van der Waals surface area (Å²) in [4.78, 5) is 12.8. The summed E-state index contributed by atoms with van der Waals surface area (Å²) < 4.78 is 66.0. The molecule has 2 N–H and O–H groups in total. The number of nitrogens with one attached hydrogen (secondary N) is 2. The first-order valence-corrected chi connectivity index (χ1v) is 11.7. The minimum Gasteiger partial charge on any atom is -0.326 e. The van der Waals surface area contributed by atoms with Gasteiger partial charge < -0.3 is 5.32 Å². The molecule has 0 radical (unpaired) electrons. The van der Waals surface area contributed by atoms with Gasteiger partial charge in [-0.25, -0.2) is 8.42 Å². The van der Waals surface area contributed by atoms with Gasteiger partial charge >= 0.3 is 6.18 Å². The van der Waals surface area contributed by atoms with E-state index in [1.165, 1.54) is 24.3 Å². The largest absolute Gasteiger partial charge is 0.416 e. The van der Waals surface area contributed by atoms with Gasteiger partial charge in [0.05, 0.1) is 16.1 Å². The third-order valence-corrected chi connectivity index (χ3v) is 6.98. The van der Waals surface area contributed by atoms with Crippen LogP contribution in [0.4, 0.5) is 24.5 Å². The molecule has 0 heterocycles. The lowest BCUT2D eigenvalue weighted by atomic mass is 10.1. The number of hydrogen-bond donors (Lipinski definition) is 2. The van der Waals surface area contributed by atoms with E-state index < -0.39 is 21.8 Å². The molecule has 33 heavy (non-hydrogen) atoms. The van der Waals surface area contributed by atoms with Crippen LogP contribution in [0.3, 0.4) is 0 Å². The highest BCUT2D eigenvalue weighted by atomic mass is 32.2. The second-order valence-electron chi connectivity index (χ2n) is 8.01. The first-order valence-electron chi connectivity index (χ1n) is 10.2. The fourth-order valence-corrected chi connectivity index (χ4v) is 4.76. The first-order chi connectivity index (χ1) is 15.5. The van der Waals surface area contributed by atoms with E-state index in [0.29, 0.717) is 28.9 Å². The van der Waals surface area contributed by atoms with Gasteiger partial charge in [-0.2, -0.15) is 13.2 Å². The molecule has 3 aromatic carbocycles. The molecule has 9 heteroatoms. The summed E-state index contributed by atoms with van der Waals surface area (Å²) in [6.07, 6.45) is -3.86. The topological polar surface area (TPSA) is 75.3 Å². The van der Waals surface area contributed by atoms with Crippen LogP contribution in [0.15, 0.2) is 77.7 Å². The van der Waals surface area contributed by atoms with Crippen molar-refractivity contribution < 1.29 is 26.4 Å². The van der Waals surface area contributed by atoms with E-state index in [4.69, 9.17) is 0 Å². The Morgan fingerprint density at radius 3 is 2.27 bits per heavy atom. The molecule has 5 nitrogen and oxygen atoms in total. The quantitative estimate of drug-likeness (QED) is 0.491. The summed E-state index contributed by atoms with van der Waals surface area (Å²) in [6.45, 7) is 1.75. The maximum atomic E-state index is 12.7. The van der Waals surface area contributed by atoms with Crippen LogP contribution < -0.4 is 10.0 Å². The zero-order chi connectivity index (χ0) is 23.8. The Morgan fingerprint density at radius 1 is 0.970 bits per heavy atom. The van der Waals surface area contributed by atoms with Gasteiger partial charge in [0.2, 0.25) is 5.91 Å². The smallest absolute Gasteiger partial charge is 0.326 e. The third kappa shape index (κ3) is 5.19. The number of benzene rings is 3. The average molecular weight is 475 g/mol. The fraction of sp³-hybridized carbons (Fsp3) is 0.208. The second kappa shape index (κ2) is 8.55. The highest BCUT2D eigenvalue weighted by Crippen LogP contribution is 2.48. The highest BCUT2D eigenvalue weighted by molar-refractivity contribution is 7.92. The molecular weight excluding hydrogens is 453 g/mol. The minimum absolute atomic E-state index is 0.121. The summed E-state index contributed by atoms with van der Waals surface area (Å²) >= 11 is 0. The summed E-state index contributed by atoms with van der Waals surface area (Å²) in [7, 11) is -3.79. The number of amides is 1. The van der Waals surface area contributed by atoms with Gasteiger partial charge in [0.15, 0.2) is 0 Å². The number of rotatable bonds is 6. The summed E-state index contributed by atoms with van der Waals surface area (Å²) in [5.74, 6) is -0.762. The molecule has 1 fully saturated rings. The monoisotopic (exact) mass is 474 g/mol. The Morgan fingerprint density at radius 2 is 1.64 bits per heavy atom. The lowest BCUT2D eigenvalue weighted by molar-refractivity contribution is -0.137. The molecule has 3 aromatic rings. The molecule has 0 spiro atoms. The molecule has 1 saturated carbocycles. The van der Waals surface area contributed by atoms with Crippen LogP contribution in [-0.4, -0.2) is 14.3 Å². The predicted molar refractivity (Wildman–Crippen MR) is 119 cm³/mol. The van der Waals surface area contributed by atoms with Crippen molar-refractivity contribution in [3.8, 4) is 0 Å². The number of alkyl halides is 3. The molecule has 2 atom stereocenters. The Kier molecular flexibility index (Phi) is 5.92. The maximum absolute atomic E-state index is 12.7. The lowest BCUT2D eigenvalue weighted by Gasteiger charge is -2.13. The van der Waals surface area contributed by atoms with Crippen molar-refractivity contribution >= 4 is 27.3 Å². The van der Waals surface area contributed by atoms with Crippen LogP contribution in [0.1, 0.15) is 29.0 Å². The number of sulfonamides is 1. The number of halogens is 3. The van der Waals surface area contributed by atoms with Crippen molar-refractivity contribution in [2.75, 3.05) is 10.0 Å². The Bertz CT molecular complexity index is 1270. The SMILES string of the molecule is Cc1ccc(NC(=O)C2CC2c2ccc(C(F)(F)F)cc2)cc1NS(=O)(=O)c1ccccc1. The predicted octanol–water partition coefficient (Wildman–Crippen LogP) is 5.56. The lowest BCUT2D eigenvalue weighted by Crippen LogP contribution is -2.16. The van der Waals surface area contributed by atoms with E-state index in [1.807, 2.05) is 0 Å². The number of carbonyl (C=O) groups is 1. The Hall–Kier alpha value is -3.33. The molecule has 4 rings (SSSR count). The van der Waals surface area contributed by atoms with Crippen LogP contribution in [0, 0.1) is 12.8 Å². The van der Waals surface area contributed by atoms with Crippen LogP contribution >= 0.6 is 0 Å². The van der Waals surface area contributed by atoms with Gasteiger partial charge in [-0.05, 0) is 66.8 Å². The van der Waals surface area contributed by atoms with Crippen LogP contribution in [0.25, 0.3) is 0 Å². The maximum Gasteiger partial charge on any atom is 0.416 e. The van der Waals surface area contributed by atoms with Crippen molar-refractivity contribution in [3.63, 3.8) is 0 Å². The Balaban J connectivity index is 1.43. The van der Waals surface area contributed by atoms with Crippen molar-refractivity contribution in [2.24, 2.45) is 5.92 Å². The zero-order valence-electron chi connectivity index (χ0n) is 17.6. The minimum atomic E-state index is -4.40. The second-order valence-corrected chi connectivity index (χ2v) is 9.69. The third-order valence-electron chi connectivity index (χ3n) is 5.60. The van der Waals surface area contributed by atoms with Crippen LogP contribution in [0.2, 0.25) is 0 Å². The molecule has 0 saturated heterocycles. The number of anilines is 2. The van der Waals surface area contributed by atoms with E-state index in [0.717, 1.165) is 12.1 Å². The summed E-state index contributed by atoms with van der Waals surface area (Å²) in [5, 5.41) is 2.78. The van der Waals surface area contributed by atoms with Crippen molar-refractivity contribution in [3.05, 3.63) is 89.5 Å². The average Bonchev–Trinajstić information content (AvgIpc) is 3.57. The van der Waals surface area contributed by atoms with Crippen LogP contribution in [-0.2, 0) is 21.0 Å². The van der Waals surface area contributed by atoms with Gasteiger partial charge in [-0.1, -0.05) is 36.4 Å². The number of carbonyl (C=O) groups excluding carboxylic acids is 1. The number of hydrogen-bond acceptors (Lipinski definition) is 3. The van der Waals surface area contributed by atoms with E-state index in [2.05, 4.69) is 10.0 Å². The van der Waals surface area contributed by atoms with E-state index in [1.54, 1.807) is 43.3 Å². The van der Waals surface area contributed by atoms with Gasteiger partial charge in [0, 0.05) is 11.6 Å². The molecular formula is C24H21F3N2O3S. The fourth-order valence-electron chi connectivity index (χ4n) is 3.62. The van der Waals surface area contributed by atoms with E-state index >= 15 is 0 Å². The molecule has 2 unspecified atom stereocenters. The molecule has 1 amide bonds. The van der Waals surface area contributed by atoms with Gasteiger partial charge in [-0.3, -0.25) is 9.52 Å². The summed E-state index contributed by atoms with van der Waals surface area (Å²) in [5.41, 5.74) is 1.41. The molecule has 172 valence electrons. The molecule has 1 aliphatic carbocycles. The van der Waals surface area contributed by atoms with E-state index in [-0.39, 0.29) is 22.6 Å². The normalized spacial score (nSPS) is 17.9. The highest BCUT2D eigenvalue weighted by Gasteiger charge is 2.44. The van der Waals surface area contributed by atoms with Gasteiger partial charge in [0.25, 0.3) is 10.0 Å².